The summed E-state index contributed by atoms with van der Waals surface area (Å²) in [5.41, 5.74) is 23.2. The van der Waals surface area contributed by atoms with Gasteiger partial charge in [0.15, 0.2) is 0 Å². The minimum absolute atomic E-state index is 0.591. The average Bonchev–Trinajstić information content (AvgIpc) is 2.39. The van der Waals surface area contributed by atoms with E-state index >= 15 is 0 Å². The van der Waals surface area contributed by atoms with Gasteiger partial charge >= 0.3 is 0 Å². The van der Waals surface area contributed by atoms with Crippen molar-refractivity contribution in [1.82, 2.24) is 0 Å². The molecule has 0 bridgehead atoms. The van der Waals surface area contributed by atoms with Crippen LogP contribution in [0.2, 0.25) is 0 Å². The number of anilines is 2. The minimum Gasteiger partial charge on any atom is -0.399 e. The molecule has 1 unspecified atom stereocenters. The van der Waals surface area contributed by atoms with E-state index in [0.29, 0.717) is 22.5 Å². The lowest BCUT2D eigenvalue weighted by Gasteiger charge is -2.40. The number of hydrogen-bond donors (Lipinski definition) is 5. The fraction of sp³-hybridized carbons (Fsp3) is 0.200. The quantitative estimate of drug-likeness (QED) is 0.418. The molecule has 0 heterocycles. The largest absolute Gasteiger partial charge is 0.399 e. The maximum Gasteiger partial charge on any atom is 0.124 e. The number of benzene rings is 2. The molecule has 0 aliphatic carbocycles. The summed E-state index contributed by atoms with van der Waals surface area (Å²) in [6.45, 7) is 1.58. The summed E-state index contributed by atoms with van der Waals surface area (Å²) in [5, 5.41) is 10.8. The fourth-order valence-corrected chi connectivity index (χ4v) is 2.09. The van der Waals surface area contributed by atoms with Gasteiger partial charge in [-0.2, -0.15) is 0 Å². The van der Waals surface area contributed by atoms with Gasteiger partial charge in [0.1, 0.15) is 11.3 Å². The van der Waals surface area contributed by atoms with E-state index in [1.807, 2.05) is 0 Å². The Morgan fingerprint density at radius 1 is 0.750 bits per heavy atom. The van der Waals surface area contributed by atoms with Crippen LogP contribution in [-0.2, 0) is 11.3 Å². The smallest absolute Gasteiger partial charge is 0.124 e. The minimum atomic E-state index is -1.46. The summed E-state index contributed by atoms with van der Waals surface area (Å²) in [6, 6.07) is 13.6. The standard InChI is InChI=1S/C15H20N4O/c1-14(20,10-2-6-12(16)7-3-10)15(18,19)11-4-8-13(17)9-5-11/h2-9,20H,16-19H2,1H3. The SMILES string of the molecule is CC(O)(c1ccc(N)cc1)C(N)(N)c1ccc(N)cc1. The Labute approximate surface area is 118 Å². The van der Waals surface area contributed by atoms with Crippen molar-refractivity contribution in [2.75, 3.05) is 11.5 Å². The number of hydrogen-bond acceptors (Lipinski definition) is 5. The molecule has 106 valence electrons. The molecule has 0 aliphatic heterocycles. The summed E-state index contributed by atoms with van der Waals surface area (Å²) >= 11 is 0. The Balaban J connectivity index is 2.45. The molecule has 0 saturated heterocycles. The highest BCUT2D eigenvalue weighted by molar-refractivity contribution is 5.45. The molecule has 2 aromatic rings. The third kappa shape index (κ3) is 2.34. The van der Waals surface area contributed by atoms with Gasteiger partial charge in [-0.15, -0.1) is 0 Å². The van der Waals surface area contributed by atoms with Gasteiger partial charge in [0.2, 0.25) is 0 Å². The maximum atomic E-state index is 10.8. The Bertz CT molecular complexity index is 533. The monoisotopic (exact) mass is 272 g/mol. The highest BCUT2D eigenvalue weighted by Gasteiger charge is 2.43. The van der Waals surface area contributed by atoms with Crippen molar-refractivity contribution in [3.63, 3.8) is 0 Å². The van der Waals surface area contributed by atoms with E-state index in [1.54, 1.807) is 55.5 Å². The predicted molar refractivity (Wildman–Crippen MR) is 81.3 cm³/mol. The van der Waals surface area contributed by atoms with Crippen LogP contribution in [0.5, 0.6) is 0 Å². The molecule has 0 aliphatic rings. The zero-order chi connectivity index (χ0) is 15.0. The normalized spacial score (nSPS) is 14.8. The first-order valence-electron chi connectivity index (χ1n) is 6.27. The molecule has 0 fully saturated rings. The second-order valence-corrected chi connectivity index (χ2v) is 5.19. The first-order valence-corrected chi connectivity index (χ1v) is 6.27. The molecule has 0 amide bonds. The lowest BCUT2D eigenvalue weighted by Crippen LogP contribution is -2.60. The molecule has 0 saturated carbocycles. The summed E-state index contributed by atoms with van der Waals surface area (Å²) in [5.74, 6) is 0. The van der Waals surface area contributed by atoms with Crippen LogP contribution < -0.4 is 22.9 Å². The molecule has 20 heavy (non-hydrogen) atoms. The van der Waals surface area contributed by atoms with Gasteiger partial charge in [0, 0.05) is 11.4 Å². The molecule has 2 rings (SSSR count). The van der Waals surface area contributed by atoms with E-state index in [0.717, 1.165) is 0 Å². The van der Waals surface area contributed by atoms with E-state index in [2.05, 4.69) is 0 Å². The third-order valence-corrected chi connectivity index (χ3v) is 3.67. The van der Waals surface area contributed by atoms with E-state index in [9.17, 15) is 5.11 Å². The van der Waals surface area contributed by atoms with Crippen molar-refractivity contribution >= 4 is 11.4 Å². The predicted octanol–water partition coefficient (Wildman–Crippen LogP) is 0.829. The van der Waals surface area contributed by atoms with Crippen LogP contribution >= 0.6 is 0 Å². The molecule has 9 N–H and O–H groups in total. The number of nitrogen functional groups attached to an aromatic ring is 2. The lowest BCUT2D eigenvalue weighted by molar-refractivity contribution is -0.0256. The van der Waals surface area contributed by atoms with Crippen molar-refractivity contribution in [1.29, 1.82) is 0 Å². The van der Waals surface area contributed by atoms with Crippen LogP contribution in [0, 0.1) is 0 Å². The summed E-state index contributed by atoms with van der Waals surface area (Å²) in [7, 11) is 0. The van der Waals surface area contributed by atoms with E-state index in [4.69, 9.17) is 22.9 Å². The molecule has 0 radical (unpaired) electrons. The molecule has 5 nitrogen and oxygen atoms in total. The van der Waals surface area contributed by atoms with Crippen LogP contribution in [0.25, 0.3) is 0 Å². The van der Waals surface area contributed by atoms with Gasteiger partial charge in [0.25, 0.3) is 0 Å². The van der Waals surface area contributed by atoms with E-state index in [1.165, 1.54) is 0 Å². The van der Waals surface area contributed by atoms with Gasteiger partial charge < -0.3 is 28.0 Å². The average molecular weight is 272 g/mol. The first-order chi connectivity index (χ1) is 9.25. The topological polar surface area (TPSA) is 124 Å². The van der Waals surface area contributed by atoms with Crippen LogP contribution in [0.3, 0.4) is 0 Å². The molecular formula is C15H20N4O. The zero-order valence-electron chi connectivity index (χ0n) is 11.4. The van der Waals surface area contributed by atoms with E-state index in [-0.39, 0.29) is 0 Å². The third-order valence-electron chi connectivity index (χ3n) is 3.67. The maximum absolute atomic E-state index is 10.8. The highest BCUT2D eigenvalue weighted by atomic mass is 16.3. The van der Waals surface area contributed by atoms with Gasteiger partial charge in [-0.1, -0.05) is 24.3 Å². The molecule has 0 aromatic heterocycles. The van der Waals surface area contributed by atoms with Crippen LogP contribution in [0.4, 0.5) is 11.4 Å². The summed E-state index contributed by atoms with van der Waals surface area (Å²) in [6.07, 6.45) is 0. The first kappa shape index (κ1) is 14.3. The van der Waals surface area contributed by atoms with Gasteiger partial charge in [-0.05, 0) is 42.3 Å². The molecule has 0 spiro atoms. The molecule has 5 heteroatoms. The second kappa shape index (κ2) is 4.79. The Hall–Kier alpha value is -2.08. The number of rotatable bonds is 3. The number of nitrogens with two attached hydrogens (primary N) is 4. The summed E-state index contributed by atoms with van der Waals surface area (Å²) < 4.78 is 0. The molecule has 1 atom stereocenters. The summed E-state index contributed by atoms with van der Waals surface area (Å²) in [4.78, 5) is 0. The molecule has 2 aromatic carbocycles. The Morgan fingerprint density at radius 2 is 1.10 bits per heavy atom. The van der Waals surface area contributed by atoms with Crippen LogP contribution in [0.15, 0.2) is 48.5 Å². The van der Waals surface area contributed by atoms with Crippen molar-refractivity contribution in [3.05, 3.63) is 59.7 Å². The van der Waals surface area contributed by atoms with Crippen molar-refractivity contribution in [2.24, 2.45) is 11.5 Å². The lowest BCUT2D eigenvalue weighted by atomic mass is 9.79. The van der Waals surface area contributed by atoms with Crippen LogP contribution in [-0.4, -0.2) is 5.11 Å². The highest BCUT2D eigenvalue weighted by Crippen LogP contribution is 2.35. The van der Waals surface area contributed by atoms with Crippen LogP contribution in [0.1, 0.15) is 18.1 Å². The van der Waals surface area contributed by atoms with Gasteiger partial charge in [-0.25, -0.2) is 0 Å². The van der Waals surface area contributed by atoms with Crippen molar-refractivity contribution < 1.29 is 5.11 Å². The fourth-order valence-electron chi connectivity index (χ4n) is 2.09. The Morgan fingerprint density at radius 3 is 1.50 bits per heavy atom. The zero-order valence-corrected chi connectivity index (χ0v) is 11.4. The number of aliphatic hydroxyl groups is 1. The van der Waals surface area contributed by atoms with E-state index < -0.39 is 11.3 Å². The molecular weight excluding hydrogens is 252 g/mol. The Kier molecular flexibility index (Phi) is 3.43. The van der Waals surface area contributed by atoms with Gasteiger partial charge in [0.05, 0.1) is 0 Å². The van der Waals surface area contributed by atoms with Crippen molar-refractivity contribution in [2.45, 2.75) is 18.2 Å². The van der Waals surface area contributed by atoms with Gasteiger partial charge in [-0.3, -0.25) is 0 Å². The second-order valence-electron chi connectivity index (χ2n) is 5.19. The van der Waals surface area contributed by atoms with Crippen molar-refractivity contribution in [3.8, 4) is 0 Å².